The fraction of sp³-hybridized carbons (Fsp3) is 0.733. The molecule has 2 heterocycles. The molecule has 1 aromatic rings. The molecule has 0 bridgehead atoms. The van der Waals surface area contributed by atoms with Gasteiger partial charge in [0.15, 0.2) is 0 Å². The number of carbonyl (C=O) groups excluding carboxylic acids is 1. The van der Waals surface area contributed by atoms with Crippen LogP contribution in [-0.2, 0) is 20.6 Å². The van der Waals surface area contributed by atoms with Gasteiger partial charge in [-0.3, -0.25) is 4.79 Å². The van der Waals surface area contributed by atoms with Crippen LogP contribution in [-0.4, -0.2) is 45.7 Å². The number of rotatable bonds is 7. The Morgan fingerprint density at radius 3 is 3.08 bits per heavy atom. The lowest BCUT2D eigenvalue weighted by molar-refractivity contribution is -0.133. The number of aromatic nitrogens is 1. The van der Waals surface area contributed by atoms with Gasteiger partial charge in [-0.05, 0) is 25.3 Å². The molecule has 1 aromatic heterocycles. The van der Waals surface area contributed by atoms with Crippen molar-refractivity contribution in [1.29, 1.82) is 0 Å². The predicted molar refractivity (Wildman–Crippen MR) is 87.4 cm³/mol. The molecule has 1 saturated carbocycles. The largest absolute Gasteiger partial charge is 0.364 e. The highest BCUT2D eigenvalue weighted by Gasteiger charge is 2.49. The summed E-state index contributed by atoms with van der Waals surface area (Å²) >= 11 is 0. The van der Waals surface area contributed by atoms with Gasteiger partial charge in [0, 0.05) is 25.7 Å². The fourth-order valence-electron chi connectivity index (χ4n) is 3.81. The van der Waals surface area contributed by atoms with Crippen molar-refractivity contribution in [2.24, 2.45) is 11.3 Å². The quantitative estimate of drug-likeness (QED) is 0.592. The molecule has 1 saturated heterocycles. The summed E-state index contributed by atoms with van der Waals surface area (Å²) in [7, 11) is -3.48. The first-order valence-corrected chi connectivity index (χ1v) is 10.0. The molecular weight excluding hydrogens is 332 g/mol. The zero-order valence-electron chi connectivity index (χ0n) is 13.6. The van der Waals surface area contributed by atoms with Gasteiger partial charge in [0.05, 0.1) is 11.1 Å². The van der Waals surface area contributed by atoms with E-state index in [-0.39, 0.29) is 30.2 Å². The number of fused-ring (bicyclic) bond motifs is 1. The van der Waals surface area contributed by atoms with Gasteiger partial charge in [0.25, 0.3) is 0 Å². The molecule has 0 unspecified atom stereocenters. The normalized spacial score (nSPS) is 26.9. The van der Waals surface area contributed by atoms with Crippen molar-refractivity contribution in [2.75, 3.05) is 26.2 Å². The van der Waals surface area contributed by atoms with Crippen molar-refractivity contribution in [2.45, 2.75) is 31.4 Å². The van der Waals surface area contributed by atoms with E-state index in [9.17, 15) is 13.2 Å². The minimum Gasteiger partial charge on any atom is -0.364 e. The summed E-state index contributed by atoms with van der Waals surface area (Å²) in [6.45, 7) is 2.07. The van der Waals surface area contributed by atoms with Gasteiger partial charge in [0.1, 0.15) is 12.0 Å². The van der Waals surface area contributed by atoms with Gasteiger partial charge in [-0.15, -0.1) is 0 Å². The second kappa shape index (κ2) is 7.20. The standard InChI is InChI=1S/C15H24N4O4S/c20-14(15-5-2-1-3-12(15)9-16-11-15)17-6-7-18-24(21,22)10-13-4-8-23-19-13/h4,8,12,16,18H,1-3,5-7,9-11H2,(H,17,20)/t12-,15+/m0/s1. The molecule has 8 nitrogen and oxygen atoms in total. The van der Waals surface area contributed by atoms with Gasteiger partial charge >= 0.3 is 0 Å². The van der Waals surface area contributed by atoms with Crippen LogP contribution in [0.2, 0.25) is 0 Å². The van der Waals surface area contributed by atoms with Gasteiger partial charge in [-0.25, -0.2) is 13.1 Å². The first-order chi connectivity index (χ1) is 11.5. The Morgan fingerprint density at radius 2 is 2.29 bits per heavy atom. The first kappa shape index (κ1) is 17.4. The molecule has 1 amide bonds. The van der Waals surface area contributed by atoms with Gasteiger partial charge in [-0.1, -0.05) is 18.0 Å². The molecule has 3 rings (SSSR count). The van der Waals surface area contributed by atoms with Crippen LogP contribution in [0.1, 0.15) is 31.4 Å². The maximum absolute atomic E-state index is 12.6. The lowest BCUT2D eigenvalue weighted by atomic mass is 9.67. The molecule has 2 fully saturated rings. The van der Waals surface area contributed by atoms with E-state index in [4.69, 9.17) is 0 Å². The molecule has 3 N–H and O–H groups in total. The van der Waals surface area contributed by atoms with E-state index in [1.807, 2.05) is 0 Å². The molecule has 0 radical (unpaired) electrons. The van der Waals surface area contributed by atoms with Crippen molar-refractivity contribution >= 4 is 15.9 Å². The van der Waals surface area contributed by atoms with Crippen LogP contribution in [0.25, 0.3) is 0 Å². The molecule has 1 aliphatic heterocycles. The summed E-state index contributed by atoms with van der Waals surface area (Å²) in [6.07, 6.45) is 5.60. The molecule has 1 aliphatic carbocycles. The van der Waals surface area contributed by atoms with E-state index in [0.717, 1.165) is 32.4 Å². The number of carbonyl (C=O) groups is 1. The SMILES string of the molecule is O=C(NCCNS(=O)(=O)Cc1ccon1)[C@@]12CCCC[C@H]1CNC2. The third-order valence-electron chi connectivity index (χ3n) is 5.05. The highest BCUT2D eigenvalue weighted by atomic mass is 32.2. The molecular formula is C15H24N4O4S. The average Bonchev–Trinajstić information content (AvgIpc) is 3.20. The van der Waals surface area contributed by atoms with Crippen LogP contribution in [0.15, 0.2) is 16.9 Å². The molecule has 9 heteroatoms. The Kier molecular flexibility index (Phi) is 5.21. The summed E-state index contributed by atoms with van der Waals surface area (Å²) in [4.78, 5) is 12.6. The monoisotopic (exact) mass is 356 g/mol. The van der Waals surface area contributed by atoms with Crippen LogP contribution < -0.4 is 15.4 Å². The van der Waals surface area contributed by atoms with E-state index in [2.05, 4.69) is 25.0 Å². The van der Waals surface area contributed by atoms with Crippen LogP contribution in [0.3, 0.4) is 0 Å². The second-order valence-electron chi connectivity index (χ2n) is 6.63. The Morgan fingerprint density at radius 1 is 1.42 bits per heavy atom. The summed E-state index contributed by atoms with van der Waals surface area (Å²) in [5, 5.41) is 9.83. The maximum Gasteiger partial charge on any atom is 0.227 e. The van der Waals surface area contributed by atoms with Crippen molar-refractivity contribution in [3.05, 3.63) is 18.0 Å². The Bertz CT molecular complexity index is 661. The van der Waals surface area contributed by atoms with E-state index in [0.29, 0.717) is 11.6 Å². The number of hydrogen-bond acceptors (Lipinski definition) is 6. The van der Waals surface area contributed by atoms with Crippen LogP contribution in [0, 0.1) is 11.3 Å². The topological polar surface area (TPSA) is 113 Å². The third kappa shape index (κ3) is 3.79. The zero-order valence-corrected chi connectivity index (χ0v) is 14.4. The third-order valence-corrected chi connectivity index (χ3v) is 6.37. The zero-order chi connectivity index (χ0) is 17.0. The summed E-state index contributed by atoms with van der Waals surface area (Å²) in [5.41, 5.74) is 0.0465. The van der Waals surface area contributed by atoms with E-state index < -0.39 is 10.0 Å². The number of sulfonamides is 1. The predicted octanol–water partition coefficient (Wildman–Crippen LogP) is -0.01000. The molecule has 134 valence electrons. The summed E-state index contributed by atoms with van der Waals surface area (Å²) in [6, 6.07) is 1.51. The molecule has 2 atom stereocenters. The Balaban J connectivity index is 1.45. The van der Waals surface area contributed by atoms with Gasteiger partial charge in [-0.2, -0.15) is 0 Å². The Labute approximate surface area is 141 Å². The van der Waals surface area contributed by atoms with Crippen LogP contribution in [0.4, 0.5) is 0 Å². The van der Waals surface area contributed by atoms with E-state index >= 15 is 0 Å². The van der Waals surface area contributed by atoms with Gasteiger partial charge in [0.2, 0.25) is 15.9 Å². The molecule has 2 aliphatic rings. The molecule has 24 heavy (non-hydrogen) atoms. The van der Waals surface area contributed by atoms with Gasteiger partial charge < -0.3 is 15.2 Å². The second-order valence-corrected chi connectivity index (χ2v) is 8.44. The van der Waals surface area contributed by atoms with Crippen molar-refractivity contribution in [1.82, 2.24) is 20.5 Å². The lowest BCUT2D eigenvalue weighted by Crippen LogP contribution is -2.49. The average molecular weight is 356 g/mol. The smallest absolute Gasteiger partial charge is 0.227 e. The molecule has 0 spiro atoms. The number of amides is 1. The van der Waals surface area contributed by atoms with Crippen LogP contribution >= 0.6 is 0 Å². The highest BCUT2D eigenvalue weighted by Crippen LogP contribution is 2.43. The lowest BCUT2D eigenvalue weighted by Gasteiger charge is -2.37. The highest BCUT2D eigenvalue weighted by molar-refractivity contribution is 7.88. The van der Waals surface area contributed by atoms with Crippen molar-refractivity contribution < 1.29 is 17.7 Å². The van der Waals surface area contributed by atoms with E-state index in [1.54, 1.807) is 0 Å². The summed E-state index contributed by atoms with van der Waals surface area (Å²) in [5.74, 6) is 0.218. The van der Waals surface area contributed by atoms with E-state index in [1.165, 1.54) is 18.8 Å². The number of nitrogens with one attached hydrogen (secondary N) is 3. The first-order valence-electron chi connectivity index (χ1n) is 8.37. The molecule has 0 aromatic carbocycles. The minimum absolute atomic E-state index is 0.0490. The minimum atomic E-state index is -3.48. The maximum atomic E-state index is 12.6. The summed E-state index contributed by atoms with van der Waals surface area (Å²) < 4.78 is 30.9. The number of hydrogen-bond donors (Lipinski definition) is 3. The van der Waals surface area contributed by atoms with Crippen LogP contribution in [0.5, 0.6) is 0 Å². The Hall–Kier alpha value is -1.45. The van der Waals surface area contributed by atoms with Crippen molar-refractivity contribution in [3.8, 4) is 0 Å². The van der Waals surface area contributed by atoms with Crippen molar-refractivity contribution in [3.63, 3.8) is 0 Å². The number of nitrogens with zero attached hydrogens (tertiary/aromatic N) is 1. The fourth-order valence-corrected chi connectivity index (χ4v) is 4.86.